The van der Waals surface area contributed by atoms with Gasteiger partial charge in [-0.2, -0.15) is 0 Å². The first-order chi connectivity index (χ1) is 11.6. The van der Waals surface area contributed by atoms with Crippen LogP contribution >= 0.6 is 24.0 Å². The normalized spacial score (nSPS) is 23.2. The Labute approximate surface area is 172 Å². The second-order valence-corrected chi connectivity index (χ2v) is 7.74. The number of guanidine groups is 1. The molecule has 2 heterocycles. The summed E-state index contributed by atoms with van der Waals surface area (Å²) in [6, 6.07) is 0. The van der Waals surface area contributed by atoms with Crippen molar-refractivity contribution >= 4 is 29.9 Å². The highest BCUT2D eigenvalue weighted by molar-refractivity contribution is 14.0. The average Bonchev–Trinajstić information content (AvgIpc) is 3.02. The van der Waals surface area contributed by atoms with Gasteiger partial charge in [0.2, 0.25) is 0 Å². The highest BCUT2D eigenvalue weighted by atomic mass is 127. The molecule has 2 aliphatic heterocycles. The van der Waals surface area contributed by atoms with Crippen molar-refractivity contribution in [2.45, 2.75) is 40.5 Å². The molecule has 0 aromatic carbocycles. The number of aliphatic imine (C=N–C) groups is 1. The van der Waals surface area contributed by atoms with E-state index < -0.39 is 0 Å². The molecule has 0 spiro atoms. The Kier molecular flexibility index (Phi) is 11.3. The van der Waals surface area contributed by atoms with Crippen LogP contribution in [-0.4, -0.2) is 86.1 Å². The zero-order valence-corrected chi connectivity index (χ0v) is 19.2. The van der Waals surface area contributed by atoms with E-state index in [1.807, 2.05) is 0 Å². The van der Waals surface area contributed by atoms with Gasteiger partial charge in [-0.3, -0.25) is 9.89 Å². The minimum atomic E-state index is 0. The molecule has 148 valence electrons. The highest BCUT2D eigenvalue weighted by Crippen LogP contribution is 2.23. The van der Waals surface area contributed by atoms with E-state index in [0.29, 0.717) is 0 Å². The number of likely N-dealkylation sites (N-methyl/N-ethyl adjacent to an activating group) is 1. The van der Waals surface area contributed by atoms with Gasteiger partial charge < -0.3 is 15.1 Å². The lowest BCUT2D eigenvalue weighted by Gasteiger charge is -2.33. The molecule has 1 N–H and O–H groups in total. The van der Waals surface area contributed by atoms with E-state index in [2.05, 4.69) is 47.7 Å². The van der Waals surface area contributed by atoms with Crippen LogP contribution in [0.25, 0.3) is 0 Å². The van der Waals surface area contributed by atoms with E-state index in [9.17, 15) is 0 Å². The fourth-order valence-electron chi connectivity index (χ4n) is 3.94. The van der Waals surface area contributed by atoms with Gasteiger partial charge in [-0.05, 0) is 38.1 Å². The summed E-state index contributed by atoms with van der Waals surface area (Å²) in [5.41, 5.74) is 0. The van der Waals surface area contributed by atoms with Gasteiger partial charge in [-0.15, -0.1) is 24.0 Å². The number of halogens is 1. The highest BCUT2D eigenvalue weighted by Gasteiger charge is 2.25. The molecule has 0 aromatic rings. The minimum Gasteiger partial charge on any atom is -0.357 e. The summed E-state index contributed by atoms with van der Waals surface area (Å²) in [6.45, 7) is 20.4. The molecular formula is C19H40IN5. The summed E-state index contributed by atoms with van der Waals surface area (Å²) in [7, 11) is 0. The Morgan fingerprint density at radius 2 is 1.76 bits per heavy atom. The zero-order valence-electron chi connectivity index (χ0n) is 16.8. The van der Waals surface area contributed by atoms with Crippen molar-refractivity contribution in [1.82, 2.24) is 20.0 Å². The van der Waals surface area contributed by atoms with Crippen molar-refractivity contribution in [3.05, 3.63) is 0 Å². The molecular weight excluding hydrogens is 425 g/mol. The Morgan fingerprint density at radius 3 is 2.36 bits per heavy atom. The summed E-state index contributed by atoms with van der Waals surface area (Å²) in [5, 5.41) is 3.50. The molecule has 0 radical (unpaired) electrons. The van der Waals surface area contributed by atoms with Gasteiger partial charge in [-0.25, -0.2) is 0 Å². The van der Waals surface area contributed by atoms with Crippen LogP contribution in [0.2, 0.25) is 0 Å². The van der Waals surface area contributed by atoms with E-state index in [1.54, 1.807) is 0 Å². The number of hydrogen-bond acceptors (Lipinski definition) is 3. The van der Waals surface area contributed by atoms with Crippen molar-refractivity contribution in [1.29, 1.82) is 0 Å². The zero-order chi connectivity index (χ0) is 17.4. The van der Waals surface area contributed by atoms with Crippen molar-refractivity contribution in [3.8, 4) is 0 Å². The maximum absolute atomic E-state index is 4.92. The fraction of sp³-hybridized carbons (Fsp3) is 0.947. The summed E-state index contributed by atoms with van der Waals surface area (Å²) in [4.78, 5) is 12.5. The van der Waals surface area contributed by atoms with Crippen molar-refractivity contribution in [2.24, 2.45) is 16.8 Å². The first-order valence-corrected chi connectivity index (χ1v) is 10.1. The molecule has 0 amide bonds. The lowest BCUT2D eigenvalue weighted by atomic mass is 9.97. The molecule has 25 heavy (non-hydrogen) atoms. The van der Waals surface area contributed by atoms with Crippen LogP contribution in [0.1, 0.15) is 40.5 Å². The Morgan fingerprint density at radius 1 is 1.08 bits per heavy atom. The van der Waals surface area contributed by atoms with E-state index in [1.165, 1.54) is 58.7 Å². The molecule has 0 bridgehead atoms. The SMILES string of the molecule is CCNC(=NCCN1CCN(CC)CC1)N1CCC(CC(C)C)C1.I. The van der Waals surface area contributed by atoms with Gasteiger partial charge in [-0.1, -0.05) is 20.8 Å². The summed E-state index contributed by atoms with van der Waals surface area (Å²) < 4.78 is 0. The first kappa shape index (κ1) is 23.0. The Balaban J connectivity index is 0.00000312. The Bertz CT molecular complexity index is 380. The number of likely N-dealkylation sites (tertiary alicyclic amines) is 1. The van der Waals surface area contributed by atoms with Crippen LogP contribution in [-0.2, 0) is 0 Å². The molecule has 0 saturated carbocycles. The molecule has 2 fully saturated rings. The predicted octanol–water partition coefficient (Wildman–Crippen LogP) is 2.58. The van der Waals surface area contributed by atoms with E-state index in [4.69, 9.17) is 4.99 Å². The van der Waals surface area contributed by atoms with Gasteiger partial charge in [0.05, 0.1) is 6.54 Å². The van der Waals surface area contributed by atoms with Crippen LogP contribution in [0.4, 0.5) is 0 Å². The molecule has 2 aliphatic rings. The van der Waals surface area contributed by atoms with Gasteiger partial charge in [0.15, 0.2) is 5.96 Å². The molecule has 0 aliphatic carbocycles. The number of rotatable bonds is 7. The van der Waals surface area contributed by atoms with E-state index in [0.717, 1.165) is 37.4 Å². The molecule has 5 nitrogen and oxygen atoms in total. The average molecular weight is 465 g/mol. The molecule has 2 rings (SSSR count). The lowest BCUT2D eigenvalue weighted by Crippen LogP contribution is -2.47. The third-order valence-corrected chi connectivity index (χ3v) is 5.31. The quantitative estimate of drug-likeness (QED) is 0.356. The smallest absolute Gasteiger partial charge is 0.193 e. The first-order valence-electron chi connectivity index (χ1n) is 10.1. The maximum atomic E-state index is 4.92. The van der Waals surface area contributed by atoms with Gasteiger partial charge >= 0.3 is 0 Å². The van der Waals surface area contributed by atoms with Crippen LogP contribution in [0.3, 0.4) is 0 Å². The maximum Gasteiger partial charge on any atom is 0.193 e. The van der Waals surface area contributed by atoms with Crippen LogP contribution in [0, 0.1) is 11.8 Å². The van der Waals surface area contributed by atoms with Crippen LogP contribution in [0.5, 0.6) is 0 Å². The van der Waals surface area contributed by atoms with E-state index in [-0.39, 0.29) is 24.0 Å². The number of hydrogen-bond donors (Lipinski definition) is 1. The van der Waals surface area contributed by atoms with Crippen LogP contribution in [0.15, 0.2) is 4.99 Å². The van der Waals surface area contributed by atoms with Crippen molar-refractivity contribution < 1.29 is 0 Å². The molecule has 6 heteroatoms. The summed E-state index contributed by atoms with van der Waals surface area (Å²) in [5.74, 6) is 2.78. The monoisotopic (exact) mass is 465 g/mol. The Hall–Kier alpha value is -0.0800. The second kappa shape index (κ2) is 12.3. The second-order valence-electron chi connectivity index (χ2n) is 7.74. The van der Waals surface area contributed by atoms with Gasteiger partial charge in [0, 0.05) is 52.4 Å². The van der Waals surface area contributed by atoms with Crippen molar-refractivity contribution in [2.75, 3.05) is 65.4 Å². The topological polar surface area (TPSA) is 34.1 Å². The van der Waals surface area contributed by atoms with Gasteiger partial charge in [0.1, 0.15) is 0 Å². The lowest BCUT2D eigenvalue weighted by molar-refractivity contribution is 0.140. The third kappa shape index (κ3) is 7.99. The molecule has 2 saturated heterocycles. The molecule has 1 atom stereocenters. The third-order valence-electron chi connectivity index (χ3n) is 5.31. The number of nitrogens with zero attached hydrogens (tertiary/aromatic N) is 4. The van der Waals surface area contributed by atoms with Crippen molar-refractivity contribution in [3.63, 3.8) is 0 Å². The largest absolute Gasteiger partial charge is 0.357 e. The number of nitrogens with one attached hydrogen (secondary N) is 1. The van der Waals surface area contributed by atoms with Crippen LogP contribution < -0.4 is 5.32 Å². The number of piperazine rings is 1. The molecule has 1 unspecified atom stereocenters. The van der Waals surface area contributed by atoms with E-state index >= 15 is 0 Å². The standard InChI is InChI=1S/C19H39N5.HI/c1-5-20-19(24-9-7-18(16-24)15-17(3)4)21-8-10-23-13-11-22(6-2)12-14-23;/h17-18H,5-16H2,1-4H3,(H,20,21);1H. The fourth-order valence-corrected chi connectivity index (χ4v) is 3.94. The molecule has 0 aromatic heterocycles. The minimum absolute atomic E-state index is 0. The van der Waals surface area contributed by atoms with Gasteiger partial charge in [0.25, 0.3) is 0 Å². The predicted molar refractivity (Wildman–Crippen MR) is 119 cm³/mol. The summed E-state index contributed by atoms with van der Waals surface area (Å²) in [6.07, 6.45) is 2.67. The summed E-state index contributed by atoms with van der Waals surface area (Å²) >= 11 is 0.